The Hall–Kier alpha value is -3.54. The third-order valence-electron chi connectivity index (χ3n) is 6.17. The van der Waals surface area contributed by atoms with Crippen molar-refractivity contribution in [2.45, 2.75) is 41.0 Å². The number of hydrogen-bond acceptors (Lipinski definition) is 3. The highest BCUT2D eigenvalue weighted by Crippen LogP contribution is 2.28. The molecule has 0 aliphatic rings. The van der Waals surface area contributed by atoms with Crippen LogP contribution in [0, 0.1) is 34.6 Å². The molecule has 0 spiro atoms. The second-order valence-electron chi connectivity index (χ2n) is 7.84. The third kappa shape index (κ3) is 3.45. The minimum absolute atomic E-state index is 0.253. The summed E-state index contributed by atoms with van der Waals surface area (Å²) in [5.74, 6) is 0.672. The lowest BCUT2D eigenvalue weighted by Gasteiger charge is -2.18. The molecule has 0 aliphatic carbocycles. The van der Waals surface area contributed by atoms with Crippen LogP contribution in [0.2, 0.25) is 0 Å². The molecular weight excluding hydrogens is 378 g/mol. The molecule has 0 fully saturated rings. The Morgan fingerprint density at radius 1 is 0.867 bits per heavy atom. The van der Waals surface area contributed by atoms with Gasteiger partial charge in [-0.3, -0.25) is 4.79 Å². The van der Waals surface area contributed by atoms with Crippen molar-refractivity contribution in [3.63, 3.8) is 0 Å². The Bertz CT molecular complexity index is 1310. The first-order chi connectivity index (χ1) is 14.2. The number of anilines is 1. The molecule has 154 valence electrons. The molecule has 4 aromatic rings. The number of carbonyl (C=O) groups is 1. The first-order valence-corrected chi connectivity index (χ1v) is 9.92. The molecule has 1 amide bonds. The zero-order chi connectivity index (χ0) is 21.6. The SMILES string of the molecule is Cc1c(C)c(C)c(Cc2ccc(C(=O)Nc3ccc4[nH]c(=O)[nH]c4c3)o2)c(C)c1C. The monoisotopic (exact) mass is 403 g/mol. The Morgan fingerprint density at radius 3 is 2.20 bits per heavy atom. The molecule has 0 radical (unpaired) electrons. The van der Waals surface area contributed by atoms with Crippen molar-refractivity contribution in [2.75, 3.05) is 5.32 Å². The molecular formula is C24H25N3O3. The number of H-pyrrole nitrogens is 2. The van der Waals surface area contributed by atoms with Crippen molar-refractivity contribution in [1.29, 1.82) is 0 Å². The predicted molar refractivity (Wildman–Crippen MR) is 119 cm³/mol. The van der Waals surface area contributed by atoms with Gasteiger partial charge in [0.25, 0.3) is 5.91 Å². The Kier molecular flexibility index (Phi) is 4.86. The first-order valence-electron chi connectivity index (χ1n) is 9.92. The maximum atomic E-state index is 12.6. The van der Waals surface area contributed by atoms with Crippen molar-refractivity contribution in [3.8, 4) is 0 Å². The van der Waals surface area contributed by atoms with Gasteiger partial charge in [-0.25, -0.2) is 4.79 Å². The van der Waals surface area contributed by atoms with Crippen LogP contribution in [-0.4, -0.2) is 15.9 Å². The smallest absolute Gasteiger partial charge is 0.323 e. The summed E-state index contributed by atoms with van der Waals surface area (Å²) < 4.78 is 5.86. The molecule has 2 heterocycles. The van der Waals surface area contributed by atoms with E-state index in [-0.39, 0.29) is 17.4 Å². The lowest BCUT2D eigenvalue weighted by Crippen LogP contribution is -2.10. The number of hydrogen-bond donors (Lipinski definition) is 3. The molecule has 30 heavy (non-hydrogen) atoms. The van der Waals surface area contributed by atoms with E-state index in [2.05, 4.69) is 49.9 Å². The summed E-state index contributed by atoms with van der Waals surface area (Å²) in [6.45, 7) is 10.7. The molecule has 2 aromatic heterocycles. The van der Waals surface area contributed by atoms with Crippen molar-refractivity contribution in [1.82, 2.24) is 9.97 Å². The highest BCUT2D eigenvalue weighted by molar-refractivity contribution is 6.03. The van der Waals surface area contributed by atoms with Crippen LogP contribution in [-0.2, 0) is 6.42 Å². The van der Waals surface area contributed by atoms with Gasteiger partial charge in [0.1, 0.15) is 5.76 Å². The van der Waals surface area contributed by atoms with E-state index >= 15 is 0 Å². The highest BCUT2D eigenvalue weighted by atomic mass is 16.3. The molecule has 2 aromatic carbocycles. The van der Waals surface area contributed by atoms with Crippen LogP contribution in [0.15, 0.2) is 39.5 Å². The van der Waals surface area contributed by atoms with Crippen molar-refractivity contribution >= 4 is 22.6 Å². The number of imidazole rings is 1. The van der Waals surface area contributed by atoms with Gasteiger partial charge in [0, 0.05) is 12.1 Å². The molecule has 6 heteroatoms. The zero-order valence-electron chi connectivity index (χ0n) is 17.8. The van der Waals surface area contributed by atoms with Gasteiger partial charge in [0.15, 0.2) is 5.76 Å². The fourth-order valence-corrected chi connectivity index (χ4v) is 3.92. The van der Waals surface area contributed by atoms with Gasteiger partial charge in [-0.15, -0.1) is 0 Å². The second kappa shape index (κ2) is 7.37. The van der Waals surface area contributed by atoms with Gasteiger partial charge in [0.05, 0.1) is 11.0 Å². The number of nitrogens with one attached hydrogen (secondary N) is 3. The van der Waals surface area contributed by atoms with Crippen LogP contribution < -0.4 is 11.0 Å². The van der Waals surface area contributed by atoms with E-state index in [1.54, 1.807) is 24.3 Å². The summed E-state index contributed by atoms with van der Waals surface area (Å²) in [5, 5.41) is 2.82. The average molecular weight is 403 g/mol. The minimum Gasteiger partial charge on any atom is -0.456 e. The van der Waals surface area contributed by atoms with E-state index in [1.165, 1.54) is 33.4 Å². The van der Waals surface area contributed by atoms with Gasteiger partial charge in [0.2, 0.25) is 0 Å². The van der Waals surface area contributed by atoms with Crippen molar-refractivity contribution < 1.29 is 9.21 Å². The molecule has 4 rings (SSSR count). The number of furan rings is 1. The fourth-order valence-electron chi connectivity index (χ4n) is 3.92. The molecule has 0 atom stereocenters. The van der Waals surface area contributed by atoms with Crippen molar-refractivity contribution in [2.24, 2.45) is 0 Å². The normalized spacial score (nSPS) is 11.2. The second-order valence-corrected chi connectivity index (χ2v) is 7.84. The van der Waals surface area contributed by atoms with Crippen LogP contribution in [0.4, 0.5) is 5.69 Å². The molecule has 0 saturated heterocycles. The maximum absolute atomic E-state index is 12.6. The number of amides is 1. The number of aromatic nitrogens is 2. The number of rotatable bonds is 4. The molecule has 0 aliphatic heterocycles. The van der Waals surface area contributed by atoms with Crippen LogP contribution in [0.3, 0.4) is 0 Å². The van der Waals surface area contributed by atoms with Gasteiger partial charge in [-0.2, -0.15) is 0 Å². The van der Waals surface area contributed by atoms with Gasteiger partial charge >= 0.3 is 5.69 Å². The van der Waals surface area contributed by atoms with E-state index in [0.29, 0.717) is 23.1 Å². The summed E-state index contributed by atoms with van der Waals surface area (Å²) in [6.07, 6.45) is 0.642. The average Bonchev–Trinajstić information content (AvgIpc) is 3.33. The quantitative estimate of drug-likeness (QED) is 0.456. The van der Waals surface area contributed by atoms with E-state index in [0.717, 1.165) is 5.76 Å². The first kappa shape index (κ1) is 19.8. The number of carbonyl (C=O) groups excluding carboxylic acids is 1. The third-order valence-corrected chi connectivity index (χ3v) is 6.17. The number of fused-ring (bicyclic) bond motifs is 1. The molecule has 0 unspecified atom stereocenters. The lowest BCUT2D eigenvalue weighted by atomic mass is 9.88. The van der Waals surface area contributed by atoms with E-state index in [4.69, 9.17) is 4.42 Å². The largest absolute Gasteiger partial charge is 0.456 e. The van der Waals surface area contributed by atoms with Crippen LogP contribution in [0.5, 0.6) is 0 Å². The Morgan fingerprint density at radius 2 is 1.50 bits per heavy atom. The Labute approximate surface area is 174 Å². The molecule has 6 nitrogen and oxygen atoms in total. The van der Waals surface area contributed by atoms with E-state index in [1.807, 2.05) is 6.07 Å². The predicted octanol–water partition coefficient (Wildman–Crippen LogP) is 4.83. The van der Waals surface area contributed by atoms with Gasteiger partial charge in [-0.1, -0.05) is 0 Å². The maximum Gasteiger partial charge on any atom is 0.323 e. The van der Waals surface area contributed by atoms with Crippen LogP contribution in [0.25, 0.3) is 11.0 Å². The van der Waals surface area contributed by atoms with E-state index < -0.39 is 0 Å². The van der Waals surface area contributed by atoms with E-state index in [9.17, 15) is 9.59 Å². The standard InChI is InChI=1S/C24H25N3O3/c1-12-13(2)15(4)19(16(5)14(12)3)11-18-7-9-22(30-18)23(28)25-17-6-8-20-21(10-17)27-24(29)26-20/h6-10H,11H2,1-5H3,(H,25,28)(H2,26,27,29). The number of aromatic amines is 2. The minimum atomic E-state index is -0.330. The Balaban J connectivity index is 1.55. The fraction of sp³-hybridized carbons (Fsp3) is 0.250. The summed E-state index contributed by atoms with van der Waals surface area (Å²) >= 11 is 0. The number of benzene rings is 2. The summed E-state index contributed by atoms with van der Waals surface area (Å²) in [4.78, 5) is 29.4. The summed E-state index contributed by atoms with van der Waals surface area (Å²) in [5.41, 5.74) is 9.34. The molecule has 0 saturated carbocycles. The summed E-state index contributed by atoms with van der Waals surface area (Å²) in [7, 11) is 0. The van der Waals surface area contributed by atoms with Crippen LogP contribution in [0.1, 0.15) is 49.7 Å². The topological polar surface area (TPSA) is 90.9 Å². The molecule has 3 N–H and O–H groups in total. The van der Waals surface area contributed by atoms with Crippen LogP contribution >= 0.6 is 0 Å². The van der Waals surface area contributed by atoms with Crippen molar-refractivity contribution in [3.05, 3.63) is 85.7 Å². The van der Waals surface area contributed by atoms with Gasteiger partial charge in [-0.05, 0) is 98.3 Å². The van der Waals surface area contributed by atoms with Gasteiger partial charge < -0.3 is 19.7 Å². The zero-order valence-corrected chi connectivity index (χ0v) is 17.8. The highest BCUT2D eigenvalue weighted by Gasteiger charge is 2.16. The lowest BCUT2D eigenvalue weighted by molar-refractivity contribution is 0.0995. The summed E-state index contributed by atoms with van der Waals surface area (Å²) in [6, 6.07) is 8.73. The molecule has 0 bridgehead atoms.